The number of nitrogens with one attached hydrogen (secondary N) is 1. The standard InChI is InChI=1S/C15H27N3O/c16-12-2-1-3-14(10-12)17-13-6-8-18(9-7-13)15(19)11-4-5-11/h11-14,17H,1-10,16H2. The minimum Gasteiger partial charge on any atom is -0.342 e. The Morgan fingerprint density at radius 3 is 2.37 bits per heavy atom. The summed E-state index contributed by atoms with van der Waals surface area (Å²) in [6.07, 6.45) is 9.32. The molecule has 0 radical (unpaired) electrons. The smallest absolute Gasteiger partial charge is 0.225 e. The van der Waals surface area contributed by atoms with Gasteiger partial charge in [-0.05, 0) is 44.9 Å². The lowest BCUT2D eigenvalue weighted by Gasteiger charge is -2.36. The van der Waals surface area contributed by atoms with Gasteiger partial charge in [0.1, 0.15) is 0 Å². The van der Waals surface area contributed by atoms with Crippen molar-refractivity contribution in [3.63, 3.8) is 0 Å². The molecule has 0 bridgehead atoms. The van der Waals surface area contributed by atoms with E-state index in [9.17, 15) is 4.79 Å². The zero-order valence-corrected chi connectivity index (χ0v) is 11.8. The third-order valence-corrected chi connectivity index (χ3v) is 4.92. The van der Waals surface area contributed by atoms with Crippen molar-refractivity contribution in [2.24, 2.45) is 11.7 Å². The largest absolute Gasteiger partial charge is 0.342 e. The molecule has 4 nitrogen and oxygen atoms in total. The molecule has 0 spiro atoms. The molecule has 0 aromatic carbocycles. The Labute approximate surface area is 116 Å². The first-order valence-corrected chi connectivity index (χ1v) is 8.03. The molecule has 1 aliphatic heterocycles. The summed E-state index contributed by atoms with van der Waals surface area (Å²) in [5.74, 6) is 0.791. The molecule has 3 aliphatic rings. The van der Waals surface area contributed by atoms with Crippen LogP contribution in [0.15, 0.2) is 0 Å². The normalized spacial score (nSPS) is 33.4. The van der Waals surface area contributed by atoms with Crippen molar-refractivity contribution >= 4 is 5.91 Å². The Hall–Kier alpha value is -0.610. The van der Waals surface area contributed by atoms with Gasteiger partial charge in [-0.25, -0.2) is 0 Å². The molecule has 2 saturated carbocycles. The molecule has 1 saturated heterocycles. The Kier molecular flexibility index (Phi) is 4.08. The van der Waals surface area contributed by atoms with Gasteiger partial charge in [-0.3, -0.25) is 4.79 Å². The number of piperidine rings is 1. The summed E-state index contributed by atoms with van der Waals surface area (Å²) >= 11 is 0. The van der Waals surface area contributed by atoms with Crippen molar-refractivity contribution in [3.05, 3.63) is 0 Å². The average molecular weight is 265 g/mol. The van der Waals surface area contributed by atoms with Crippen LogP contribution in [0, 0.1) is 5.92 Å². The van der Waals surface area contributed by atoms with Gasteiger partial charge in [-0.1, -0.05) is 6.42 Å². The Morgan fingerprint density at radius 1 is 1.00 bits per heavy atom. The van der Waals surface area contributed by atoms with E-state index < -0.39 is 0 Å². The summed E-state index contributed by atoms with van der Waals surface area (Å²) in [7, 11) is 0. The molecule has 3 fully saturated rings. The molecule has 4 heteroatoms. The number of carbonyl (C=O) groups is 1. The second-order valence-corrected chi connectivity index (χ2v) is 6.66. The van der Waals surface area contributed by atoms with Gasteiger partial charge in [-0.15, -0.1) is 0 Å². The van der Waals surface area contributed by atoms with Gasteiger partial charge >= 0.3 is 0 Å². The molecule has 0 aromatic rings. The van der Waals surface area contributed by atoms with Gasteiger partial charge < -0.3 is 16.0 Å². The Morgan fingerprint density at radius 2 is 1.74 bits per heavy atom. The number of hydrogen-bond donors (Lipinski definition) is 2. The van der Waals surface area contributed by atoms with E-state index in [1.807, 2.05) is 0 Å². The first kappa shape index (κ1) is 13.4. The van der Waals surface area contributed by atoms with Crippen LogP contribution < -0.4 is 11.1 Å². The maximum atomic E-state index is 12.0. The van der Waals surface area contributed by atoms with Crippen LogP contribution in [-0.2, 0) is 4.79 Å². The van der Waals surface area contributed by atoms with Crippen LogP contribution in [0.1, 0.15) is 51.4 Å². The van der Waals surface area contributed by atoms with E-state index in [0.717, 1.165) is 45.2 Å². The fraction of sp³-hybridized carbons (Fsp3) is 0.933. The molecular formula is C15H27N3O. The molecule has 0 aromatic heterocycles. The molecular weight excluding hydrogens is 238 g/mol. The fourth-order valence-electron chi connectivity index (χ4n) is 3.57. The number of hydrogen-bond acceptors (Lipinski definition) is 3. The van der Waals surface area contributed by atoms with Gasteiger partial charge in [0.2, 0.25) is 5.91 Å². The van der Waals surface area contributed by atoms with Gasteiger partial charge in [0, 0.05) is 37.1 Å². The number of nitrogens with zero attached hydrogens (tertiary/aromatic N) is 1. The Bertz CT molecular complexity index is 321. The Balaban J connectivity index is 1.41. The molecule has 3 N–H and O–H groups in total. The predicted octanol–water partition coefficient (Wildman–Crippen LogP) is 1.25. The molecule has 2 aliphatic carbocycles. The summed E-state index contributed by atoms with van der Waals surface area (Å²) in [6.45, 7) is 1.90. The van der Waals surface area contributed by atoms with Crippen LogP contribution in [-0.4, -0.2) is 42.0 Å². The number of amides is 1. The van der Waals surface area contributed by atoms with Crippen molar-refractivity contribution in [2.45, 2.75) is 69.5 Å². The zero-order valence-electron chi connectivity index (χ0n) is 11.8. The van der Waals surface area contributed by atoms with E-state index in [4.69, 9.17) is 5.73 Å². The summed E-state index contributed by atoms with van der Waals surface area (Å²) < 4.78 is 0. The highest BCUT2D eigenvalue weighted by atomic mass is 16.2. The molecule has 2 unspecified atom stereocenters. The summed E-state index contributed by atoms with van der Waals surface area (Å²) in [5.41, 5.74) is 6.04. The number of likely N-dealkylation sites (tertiary alicyclic amines) is 1. The zero-order chi connectivity index (χ0) is 13.2. The second-order valence-electron chi connectivity index (χ2n) is 6.66. The quantitative estimate of drug-likeness (QED) is 0.807. The van der Waals surface area contributed by atoms with Gasteiger partial charge in [0.25, 0.3) is 0 Å². The van der Waals surface area contributed by atoms with E-state index >= 15 is 0 Å². The van der Waals surface area contributed by atoms with E-state index in [0.29, 0.717) is 30.0 Å². The minimum absolute atomic E-state index is 0.376. The summed E-state index contributed by atoms with van der Waals surface area (Å²) in [6, 6.07) is 1.60. The topological polar surface area (TPSA) is 58.4 Å². The first-order valence-electron chi connectivity index (χ1n) is 8.03. The van der Waals surface area contributed by atoms with E-state index in [1.54, 1.807) is 0 Å². The summed E-state index contributed by atoms with van der Waals surface area (Å²) in [4.78, 5) is 14.1. The van der Waals surface area contributed by atoms with E-state index in [-0.39, 0.29) is 0 Å². The molecule has 108 valence electrons. The van der Waals surface area contributed by atoms with Crippen molar-refractivity contribution < 1.29 is 4.79 Å². The van der Waals surface area contributed by atoms with Crippen molar-refractivity contribution in [1.82, 2.24) is 10.2 Å². The lowest BCUT2D eigenvalue weighted by molar-refractivity contribution is -0.133. The van der Waals surface area contributed by atoms with Gasteiger partial charge in [0.15, 0.2) is 0 Å². The highest BCUT2D eigenvalue weighted by Gasteiger charge is 2.35. The lowest BCUT2D eigenvalue weighted by Crippen LogP contribution is -2.50. The highest BCUT2D eigenvalue weighted by molar-refractivity contribution is 5.81. The van der Waals surface area contributed by atoms with Crippen molar-refractivity contribution in [1.29, 1.82) is 0 Å². The molecule has 1 heterocycles. The molecule has 1 amide bonds. The number of nitrogens with two attached hydrogens (primary N) is 1. The predicted molar refractivity (Wildman–Crippen MR) is 75.7 cm³/mol. The third kappa shape index (κ3) is 3.48. The van der Waals surface area contributed by atoms with Crippen molar-refractivity contribution in [3.8, 4) is 0 Å². The van der Waals surface area contributed by atoms with E-state index in [1.165, 1.54) is 19.3 Å². The SMILES string of the molecule is NC1CCCC(NC2CCN(C(=O)C3CC3)CC2)C1. The minimum atomic E-state index is 0.376. The lowest BCUT2D eigenvalue weighted by atomic mass is 9.90. The molecule has 3 rings (SSSR count). The van der Waals surface area contributed by atoms with Crippen LogP contribution in [0.3, 0.4) is 0 Å². The van der Waals surface area contributed by atoms with Crippen LogP contribution >= 0.6 is 0 Å². The van der Waals surface area contributed by atoms with E-state index in [2.05, 4.69) is 10.2 Å². The second kappa shape index (κ2) is 5.80. The van der Waals surface area contributed by atoms with Crippen LogP contribution in [0.25, 0.3) is 0 Å². The maximum Gasteiger partial charge on any atom is 0.225 e. The highest BCUT2D eigenvalue weighted by Crippen LogP contribution is 2.32. The molecule has 19 heavy (non-hydrogen) atoms. The maximum absolute atomic E-state index is 12.0. The van der Waals surface area contributed by atoms with Crippen LogP contribution in [0.5, 0.6) is 0 Å². The number of rotatable bonds is 3. The van der Waals surface area contributed by atoms with Crippen LogP contribution in [0.4, 0.5) is 0 Å². The van der Waals surface area contributed by atoms with Gasteiger partial charge in [-0.2, -0.15) is 0 Å². The third-order valence-electron chi connectivity index (χ3n) is 4.92. The number of carbonyl (C=O) groups excluding carboxylic acids is 1. The van der Waals surface area contributed by atoms with Crippen LogP contribution in [0.2, 0.25) is 0 Å². The fourth-order valence-corrected chi connectivity index (χ4v) is 3.57. The molecule has 2 atom stereocenters. The summed E-state index contributed by atoms with van der Waals surface area (Å²) in [5, 5.41) is 3.77. The van der Waals surface area contributed by atoms with Gasteiger partial charge in [0.05, 0.1) is 0 Å². The van der Waals surface area contributed by atoms with Crippen molar-refractivity contribution in [2.75, 3.05) is 13.1 Å². The average Bonchev–Trinajstić information content (AvgIpc) is 3.23. The first-order chi connectivity index (χ1) is 9.22. The monoisotopic (exact) mass is 265 g/mol.